The van der Waals surface area contributed by atoms with E-state index in [-0.39, 0.29) is 24.3 Å². The fourth-order valence-corrected chi connectivity index (χ4v) is 2.43. The van der Waals surface area contributed by atoms with Gasteiger partial charge in [0, 0.05) is 39.3 Å². The molecule has 0 radical (unpaired) electrons. The number of piperazine rings is 2. The van der Waals surface area contributed by atoms with E-state index < -0.39 is 0 Å². The first kappa shape index (κ1) is 13.3. The minimum Gasteiger partial charge on any atom is -0.353 e. The number of hydrogen-bond donors (Lipinski definition) is 2. The number of nitrogens with one attached hydrogen (secondary N) is 2. The molecule has 6 nitrogen and oxygen atoms in total. The normalized spacial score (nSPS) is 25.9. The first-order valence-corrected chi connectivity index (χ1v) is 6.72. The summed E-state index contributed by atoms with van der Waals surface area (Å²) in [6.07, 6.45) is 0.276. The average molecular weight is 254 g/mol. The topological polar surface area (TPSA) is 64.7 Å². The summed E-state index contributed by atoms with van der Waals surface area (Å²) in [5.41, 5.74) is 0. The van der Waals surface area contributed by atoms with E-state index >= 15 is 0 Å². The molecule has 0 saturated carbocycles. The van der Waals surface area contributed by atoms with Gasteiger partial charge in [-0.05, 0) is 6.54 Å². The molecular formula is C12H22N4O2. The van der Waals surface area contributed by atoms with Crippen molar-refractivity contribution in [2.45, 2.75) is 19.4 Å². The van der Waals surface area contributed by atoms with Gasteiger partial charge in [-0.1, -0.05) is 6.92 Å². The Morgan fingerprint density at radius 2 is 2.00 bits per heavy atom. The Kier molecular flexibility index (Phi) is 4.54. The summed E-state index contributed by atoms with van der Waals surface area (Å²) < 4.78 is 0. The highest BCUT2D eigenvalue weighted by Crippen LogP contribution is 2.06. The summed E-state index contributed by atoms with van der Waals surface area (Å²) in [5.74, 6) is 0.0297. The van der Waals surface area contributed by atoms with Gasteiger partial charge in [-0.3, -0.25) is 9.59 Å². The number of amides is 2. The van der Waals surface area contributed by atoms with Gasteiger partial charge in [0.05, 0.1) is 12.5 Å². The summed E-state index contributed by atoms with van der Waals surface area (Å²) in [6.45, 7) is 8.00. The van der Waals surface area contributed by atoms with Crippen molar-refractivity contribution >= 4 is 11.8 Å². The highest BCUT2D eigenvalue weighted by Gasteiger charge is 2.27. The Hall–Kier alpha value is -1.14. The van der Waals surface area contributed by atoms with Crippen LogP contribution in [0.3, 0.4) is 0 Å². The second-order valence-electron chi connectivity index (χ2n) is 4.82. The summed E-state index contributed by atoms with van der Waals surface area (Å²) in [5, 5.41) is 5.87. The molecular weight excluding hydrogens is 232 g/mol. The van der Waals surface area contributed by atoms with E-state index in [9.17, 15) is 9.59 Å². The minimum absolute atomic E-state index is 0.0539. The van der Waals surface area contributed by atoms with Crippen molar-refractivity contribution in [3.8, 4) is 0 Å². The minimum atomic E-state index is -0.351. The van der Waals surface area contributed by atoms with Crippen molar-refractivity contribution in [3.63, 3.8) is 0 Å². The van der Waals surface area contributed by atoms with Crippen molar-refractivity contribution in [1.82, 2.24) is 20.4 Å². The van der Waals surface area contributed by atoms with E-state index in [0.717, 1.165) is 39.3 Å². The van der Waals surface area contributed by atoms with Crippen LogP contribution in [-0.4, -0.2) is 73.5 Å². The predicted molar refractivity (Wildman–Crippen MR) is 68.1 cm³/mol. The van der Waals surface area contributed by atoms with Crippen LogP contribution in [0.25, 0.3) is 0 Å². The van der Waals surface area contributed by atoms with Crippen LogP contribution in [0.4, 0.5) is 0 Å². The van der Waals surface area contributed by atoms with Crippen molar-refractivity contribution in [2.24, 2.45) is 0 Å². The number of carbonyl (C=O) groups is 2. The molecule has 2 amide bonds. The molecule has 0 aromatic rings. The lowest BCUT2D eigenvalue weighted by molar-refractivity contribution is -0.136. The van der Waals surface area contributed by atoms with Crippen molar-refractivity contribution in [3.05, 3.63) is 0 Å². The van der Waals surface area contributed by atoms with Gasteiger partial charge in [-0.25, -0.2) is 0 Å². The quantitative estimate of drug-likeness (QED) is 0.652. The lowest BCUT2D eigenvalue weighted by atomic mass is 10.1. The molecule has 2 aliphatic heterocycles. The summed E-state index contributed by atoms with van der Waals surface area (Å²) in [7, 11) is 0. The molecule has 18 heavy (non-hydrogen) atoms. The van der Waals surface area contributed by atoms with Gasteiger partial charge in [-0.15, -0.1) is 0 Å². The van der Waals surface area contributed by atoms with Gasteiger partial charge >= 0.3 is 0 Å². The molecule has 2 saturated heterocycles. The van der Waals surface area contributed by atoms with Crippen molar-refractivity contribution in [2.75, 3.05) is 45.8 Å². The third-order valence-corrected chi connectivity index (χ3v) is 3.68. The first-order valence-electron chi connectivity index (χ1n) is 6.72. The lowest BCUT2D eigenvalue weighted by Gasteiger charge is -2.35. The number of carbonyl (C=O) groups excluding carboxylic acids is 2. The van der Waals surface area contributed by atoms with Crippen LogP contribution < -0.4 is 10.6 Å². The maximum atomic E-state index is 12.1. The van der Waals surface area contributed by atoms with Crippen LogP contribution in [0.2, 0.25) is 0 Å². The summed E-state index contributed by atoms with van der Waals surface area (Å²) in [6, 6.07) is -0.351. The molecule has 0 unspecified atom stereocenters. The highest BCUT2D eigenvalue weighted by molar-refractivity contribution is 5.88. The first-order chi connectivity index (χ1) is 8.70. The van der Waals surface area contributed by atoms with Crippen LogP contribution in [-0.2, 0) is 9.59 Å². The summed E-state index contributed by atoms with van der Waals surface area (Å²) >= 11 is 0. The maximum Gasteiger partial charge on any atom is 0.237 e. The zero-order valence-corrected chi connectivity index (χ0v) is 10.9. The van der Waals surface area contributed by atoms with E-state index in [2.05, 4.69) is 22.5 Å². The smallest absolute Gasteiger partial charge is 0.237 e. The molecule has 2 fully saturated rings. The second kappa shape index (κ2) is 6.15. The fraction of sp³-hybridized carbons (Fsp3) is 0.833. The third kappa shape index (κ3) is 3.20. The van der Waals surface area contributed by atoms with Gasteiger partial charge < -0.3 is 20.4 Å². The molecule has 6 heteroatoms. The van der Waals surface area contributed by atoms with E-state index in [4.69, 9.17) is 0 Å². The van der Waals surface area contributed by atoms with Crippen LogP contribution in [0.1, 0.15) is 13.3 Å². The number of rotatable bonds is 3. The number of likely N-dealkylation sites (N-methyl/N-ethyl adjacent to an activating group) is 1. The largest absolute Gasteiger partial charge is 0.353 e. The van der Waals surface area contributed by atoms with E-state index in [1.807, 2.05) is 4.90 Å². The van der Waals surface area contributed by atoms with Gasteiger partial charge in [0.1, 0.15) is 0 Å². The molecule has 0 aliphatic carbocycles. The molecule has 0 aromatic carbocycles. The van der Waals surface area contributed by atoms with Crippen molar-refractivity contribution in [1.29, 1.82) is 0 Å². The Bertz CT molecular complexity index is 313. The van der Waals surface area contributed by atoms with Crippen LogP contribution in [0.15, 0.2) is 0 Å². The van der Waals surface area contributed by atoms with Crippen LogP contribution in [0.5, 0.6) is 0 Å². The molecule has 0 aromatic heterocycles. The average Bonchev–Trinajstić information content (AvgIpc) is 2.41. The van der Waals surface area contributed by atoms with Crippen LogP contribution >= 0.6 is 0 Å². The highest BCUT2D eigenvalue weighted by atomic mass is 16.2. The monoisotopic (exact) mass is 254 g/mol. The Labute approximate surface area is 108 Å². The summed E-state index contributed by atoms with van der Waals surface area (Å²) in [4.78, 5) is 27.9. The molecule has 2 N–H and O–H groups in total. The van der Waals surface area contributed by atoms with E-state index in [1.54, 1.807) is 0 Å². The molecule has 0 bridgehead atoms. The third-order valence-electron chi connectivity index (χ3n) is 3.68. The number of hydrogen-bond acceptors (Lipinski definition) is 4. The molecule has 2 aliphatic rings. The zero-order valence-electron chi connectivity index (χ0n) is 10.9. The Morgan fingerprint density at radius 3 is 2.61 bits per heavy atom. The van der Waals surface area contributed by atoms with Gasteiger partial charge in [0.2, 0.25) is 11.8 Å². The van der Waals surface area contributed by atoms with Gasteiger partial charge in [-0.2, -0.15) is 0 Å². The van der Waals surface area contributed by atoms with Gasteiger partial charge in [0.25, 0.3) is 0 Å². The molecule has 102 valence electrons. The molecule has 2 heterocycles. The Morgan fingerprint density at radius 1 is 1.28 bits per heavy atom. The molecule has 0 spiro atoms. The SMILES string of the molecule is CCN1CCN(C(=O)C[C@H]2NCCNC2=O)CC1. The van der Waals surface area contributed by atoms with Crippen molar-refractivity contribution < 1.29 is 9.59 Å². The van der Waals surface area contributed by atoms with Crippen LogP contribution in [0, 0.1) is 0 Å². The molecule has 2 rings (SSSR count). The van der Waals surface area contributed by atoms with Gasteiger partial charge in [0.15, 0.2) is 0 Å². The maximum absolute atomic E-state index is 12.1. The molecule has 1 atom stereocenters. The number of nitrogens with zero attached hydrogens (tertiary/aromatic N) is 2. The lowest BCUT2D eigenvalue weighted by Crippen LogP contribution is -2.56. The van der Waals surface area contributed by atoms with E-state index in [0.29, 0.717) is 6.54 Å². The zero-order chi connectivity index (χ0) is 13.0. The predicted octanol–water partition coefficient (Wildman–Crippen LogP) is -1.37. The van der Waals surface area contributed by atoms with E-state index in [1.165, 1.54) is 0 Å². The Balaban J connectivity index is 1.79. The fourth-order valence-electron chi connectivity index (χ4n) is 2.43. The second-order valence-corrected chi connectivity index (χ2v) is 4.82. The standard InChI is InChI=1S/C12H22N4O2/c1-2-15-5-7-16(8-6-15)11(17)9-10-12(18)14-4-3-13-10/h10,13H,2-9H2,1H3,(H,14,18)/t10-/m1/s1.